The monoisotopic (exact) mass is 418 g/mol. The number of benzene rings is 2. The Labute approximate surface area is 169 Å². The quantitative estimate of drug-likeness (QED) is 0.574. The number of nitrogens with one attached hydrogen (secondary N) is 1. The fourth-order valence-electron chi connectivity index (χ4n) is 2.97. The van der Waals surface area contributed by atoms with Crippen LogP contribution in [0.15, 0.2) is 60.8 Å². The highest BCUT2D eigenvalue weighted by Gasteiger charge is 2.36. The van der Waals surface area contributed by atoms with Crippen molar-refractivity contribution in [3.63, 3.8) is 0 Å². The Morgan fingerprint density at radius 1 is 1.07 bits per heavy atom. The lowest BCUT2D eigenvalue weighted by Gasteiger charge is -2.17. The summed E-state index contributed by atoms with van der Waals surface area (Å²) in [6.07, 6.45) is -3.17. The lowest BCUT2D eigenvalue weighted by molar-refractivity contribution is -0.165. The van der Waals surface area contributed by atoms with Crippen LogP contribution in [0.4, 0.5) is 24.5 Å². The molecule has 2 aromatic carbocycles. The first-order valence-electron chi connectivity index (χ1n) is 8.96. The number of allylic oxidation sites excluding steroid dienone is 1. The number of alkyl halides is 3. The van der Waals surface area contributed by atoms with Crippen LogP contribution in [0.25, 0.3) is 0 Å². The van der Waals surface area contributed by atoms with Crippen molar-refractivity contribution in [3.05, 3.63) is 71.9 Å². The summed E-state index contributed by atoms with van der Waals surface area (Å²) in [4.78, 5) is 37.2. The van der Waals surface area contributed by atoms with Gasteiger partial charge in [-0.1, -0.05) is 30.3 Å². The molecule has 0 saturated carbocycles. The number of amides is 1. The normalized spacial score (nSPS) is 13.2. The summed E-state index contributed by atoms with van der Waals surface area (Å²) in [5, 5.41) is 2.46. The number of hydrogen-bond donors (Lipinski definition) is 1. The smallest absolute Gasteiger partial charge is 0.452 e. The van der Waals surface area contributed by atoms with Crippen LogP contribution >= 0.6 is 0 Å². The lowest BCUT2D eigenvalue weighted by Crippen LogP contribution is -2.33. The Morgan fingerprint density at radius 2 is 1.77 bits per heavy atom. The van der Waals surface area contributed by atoms with Crippen molar-refractivity contribution in [1.82, 2.24) is 0 Å². The van der Waals surface area contributed by atoms with Crippen molar-refractivity contribution in [3.8, 4) is 0 Å². The SMILES string of the molecule is O=C(OCC(=O)N1CCc2ccccc21)c1ccccc1N/C=C/C(=O)C(F)(F)F. The van der Waals surface area contributed by atoms with Gasteiger partial charge >= 0.3 is 12.1 Å². The summed E-state index contributed by atoms with van der Waals surface area (Å²) in [5.41, 5.74) is 1.95. The van der Waals surface area contributed by atoms with Crippen molar-refractivity contribution in [2.75, 3.05) is 23.4 Å². The van der Waals surface area contributed by atoms with E-state index in [-0.39, 0.29) is 17.2 Å². The second-order valence-electron chi connectivity index (χ2n) is 6.39. The molecule has 1 amide bonds. The molecule has 0 bridgehead atoms. The molecule has 30 heavy (non-hydrogen) atoms. The number of carbonyl (C=O) groups is 3. The van der Waals surface area contributed by atoms with Crippen LogP contribution < -0.4 is 10.2 Å². The zero-order valence-corrected chi connectivity index (χ0v) is 15.6. The number of carbonyl (C=O) groups excluding carboxylic acids is 3. The summed E-state index contributed by atoms with van der Waals surface area (Å²) in [7, 11) is 0. The molecule has 0 spiro atoms. The van der Waals surface area contributed by atoms with Crippen molar-refractivity contribution in [2.24, 2.45) is 0 Å². The summed E-state index contributed by atoms with van der Waals surface area (Å²) in [6, 6.07) is 13.3. The van der Waals surface area contributed by atoms with Gasteiger partial charge in [0.2, 0.25) is 0 Å². The van der Waals surface area contributed by atoms with Crippen molar-refractivity contribution in [2.45, 2.75) is 12.6 Å². The molecule has 0 aliphatic carbocycles. The fourth-order valence-corrected chi connectivity index (χ4v) is 2.97. The molecular weight excluding hydrogens is 401 g/mol. The summed E-state index contributed by atoms with van der Waals surface area (Å²) >= 11 is 0. The van der Waals surface area contributed by atoms with Crippen LogP contribution in [0.5, 0.6) is 0 Å². The molecule has 1 aliphatic heterocycles. The Morgan fingerprint density at radius 3 is 2.53 bits per heavy atom. The van der Waals surface area contributed by atoms with Gasteiger partial charge in [-0.25, -0.2) is 4.79 Å². The summed E-state index contributed by atoms with van der Waals surface area (Å²) < 4.78 is 41.8. The number of hydrogen-bond acceptors (Lipinski definition) is 5. The van der Waals surface area contributed by atoms with Gasteiger partial charge in [-0.2, -0.15) is 13.2 Å². The minimum absolute atomic E-state index is 0.0104. The van der Waals surface area contributed by atoms with E-state index in [0.29, 0.717) is 19.0 Å². The molecule has 1 aliphatic rings. The minimum atomic E-state index is -4.98. The molecule has 9 heteroatoms. The summed E-state index contributed by atoms with van der Waals surface area (Å²) in [6.45, 7) is 0.00972. The molecule has 2 aromatic rings. The molecule has 0 aromatic heterocycles. The highest BCUT2D eigenvalue weighted by Crippen LogP contribution is 2.27. The van der Waals surface area contributed by atoms with Crippen LogP contribution in [0.2, 0.25) is 0 Å². The van der Waals surface area contributed by atoms with E-state index in [1.54, 1.807) is 6.07 Å². The molecule has 6 nitrogen and oxygen atoms in total. The van der Waals surface area contributed by atoms with Crippen LogP contribution in [-0.2, 0) is 20.7 Å². The van der Waals surface area contributed by atoms with Crippen molar-refractivity contribution < 1.29 is 32.3 Å². The predicted molar refractivity (Wildman–Crippen MR) is 103 cm³/mol. The maximum atomic E-state index is 12.4. The number of ether oxygens (including phenoxy) is 1. The van der Waals surface area contributed by atoms with E-state index in [0.717, 1.165) is 17.5 Å². The molecule has 1 N–H and O–H groups in total. The Kier molecular flexibility index (Phi) is 6.20. The fraction of sp³-hybridized carbons (Fsp3) is 0.190. The second-order valence-corrected chi connectivity index (χ2v) is 6.39. The predicted octanol–water partition coefficient (Wildman–Crippen LogP) is 3.49. The number of fused-ring (bicyclic) bond motifs is 1. The maximum absolute atomic E-state index is 12.4. The van der Waals surface area contributed by atoms with Gasteiger partial charge in [0.25, 0.3) is 11.7 Å². The first-order chi connectivity index (χ1) is 14.3. The van der Waals surface area contributed by atoms with Gasteiger partial charge in [-0.05, 0) is 30.2 Å². The third-order valence-corrected chi connectivity index (χ3v) is 4.41. The Hall–Kier alpha value is -3.62. The average molecular weight is 418 g/mol. The van der Waals surface area contributed by atoms with Gasteiger partial charge in [0, 0.05) is 24.5 Å². The van der Waals surface area contributed by atoms with Crippen LogP contribution in [0.1, 0.15) is 15.9 Å². The molecule has 0 unspecified atom stereocenters. The molecule has 3 rings (SSSR count). The Bertz CT molecular complexity index is 1000. The summed E-state index contributed by atoms with van der Waals surface area (Å²) in [5.74, 6) is -3.24. The number of esters is 1. The number of ketones is 1. The molecular formula is C21H17F3N2O4. The topological polar surface area (TPSA) is 75.7 Å². The largest absolute Gasteiger partial charge is 0.454 e. The highest BCUT2D eigenvalue weighted by atomic mass is 19.4. The molecule has 0 fully saturated rings. The Balaban J connectivity index is 1.62. The first kappa shape index (κ1) is 21.1. The van der Waals surface area contributed by atoms with E-state index in [4.69, 9.17) is 4.74 Å². The second kappa shape index (κ2) is 8.81. The van der Waals surface area contributed by atoms with E-state index >= 15 is 0 Å². The van der Waals surface area contributed by atoms with Crippen LogP contribution in [0, 0.1) is 0 Å². The van der Waals surface area contributed by atoms with Crippen molar-refractivity contribution in [1.29, 1.82) is 0 Å². The third-order valence-electron chi connectivity index (χ3n) is 4.41. The van der Waals surface area contributed by atoms with E-state index in [1.807, 2.05) is 24.3 Å². The number of rotatable bonds is 6. The van der Waals surface area contributed by atoms with Crippen molar-refractivity contribution >= 4 is 29.0 Å². The minimum Gasteiger partial charge on any atom is -0.452 e. The van der Waals surface area contributed by atoms with E-state index in [2.05, 4.69) is 5.32 Å². The van der Waals surface area contributed by atoms with Gasteiger partial charge in [0.1, 0.15) is 0 Å². The zero-order valence-electron chi connectivity index (χ0n) is 15.6. The molecule has 0 atom stereocenters. The van der Waals surface area contributed by atoms with Gasteiger partial charge in [0.15, 0.2) is 6.61 Å². The van der Waals surface area contributed by atoms with Crippen LogP contribution in [0.3, 0.4) is 0 Å². The number of anilines is 2. The number of para-hydroxylation sites is 2. The maximum Gasteiger partial charge on any atom is 0.454 e. The first-order valence-corrected chi connectivity index (χ1v) is 8.96. The number of nitrogens with zero attached hydrogens (tertiary/aromatic N) is 1. The van der Waals surface area contributed by atoms with E-state index in [9.17, 15) is 27.6 Å². The molecule has 0 radical (unpaired) electrons. The molecule has 1 heterocycles. The third kappa shape index (κ3) is 4.86. The van der Waals surface area contributed by atoms with Crippen LogP contribution in [-0.4, -0.2) is 37.0 Å². The highest BCUT2D eigenvalue weighted by molar-refractivity contribution is 6.00. The molecule has 0 saturated heterocycles. The zero-order chi connectivity index (χ0) is 21.7. The van der Waals surface area contributed by atoms with E-state index in [1.165, 1.54) is 23.1 Å². The average Bonchev–Trinajstić information content (AvgIpc) is 3.15. The standard InChI is InChI=1S/C21H17F3N2O4/c22-21(23,24)18(27)9-11-25-16-7-3-2-6-15(16)20(29)30-13-19(28)26-12-10-14-5-1-4-8-17(14)26/h1-9,11,25H,10,12-13H2/b11-9+. The van der Waals surface area contributed by atoms with Gasteiger partial charge in [-0.3, -0.25) is 9.59 Å². The molecule has 156 valence electrons. The van der Waals surface area contributed by atoms with Gasteiger partial charge < -0.3 is 15.0 Å². The van der Waals surface area contributed by atoms with E-state index < -0.39 is 24.5 Å². The number of halogens is 3. The lowest BCUT2D eigenvalue weighted by atomic mass is 10.2. The van der Waals surface area contributed by atoms with Gasteiger partial charge in [0.05, 0.1) is 11.3 Å². The van der Waals surface area contributed by atoms with Gasteiger partial charge in [-0.15, -0.1) is 0 Å².